The number of carbonyl (C=O) groups excluding carboxylic acids is 2. The van der Waals surface area contributed by atoms with E-state index in [2.05, 4.69) is 15.4 Å². The summed E-state index contributed by atoms with van der Waals surface area (Å²) in [5, 5.41) is 8.65. The molecular weight excluding hydrogens is 408 g/mol. The van der Waals surface area contributed by atoms with Gasteiger partial charge in [-0.25, -0.2) is 9.59 Å². The number of benzene rings is 2. The Morgan fingerprint density at radius 2 is 1.78 bits per heavy atom. The van der Waals surface area contributed by atoms with Crippen LogP contribution in [0, 0.1) is 6.92 Å². The number of ether oxygens (including phenoxy) is 2. The van der Waals surface area contributed by atoms with Crippen LogP contribution in [-0.4, -0.2) is 40.9 Å². The Bertz CT molecular complexity index is 1340. The minimum atomic E-state index is -0.642. The lowest BCUT2D eigenvalue weighted by atomic mass is 10.0. The van der Waals surface area contributed by atoms with Crippen molar-refractivity contribution in [2.75, 3.05) is 19.5 Å². The number of fused-ring (bicyclic) bond motifs is 1. The second kappa shape index (κ2) is 8.50. The average molecular weight is 430 g/mol. The maximum Gasteiger partial charge on any atom is 0.340 e. The summed E-state index contributed by atoms with van der Waals surface area (Å²) in [6, 6.07) is 12.8. The summed E-state index contributed by atoms with van der Waals surface area (Å²) >= 11 is 0. The molecule has 0 amide bonds. The van der Waals surface area contributed by atoms with Gasteiger partial charge in [0.1, 0.15) is 0 Å². The number of esters is 2. The van der Waals surface area contributed by atoms with Gasteiger partial charge in [0.15, 0.2) is 0 Å². The minimum absolute atomic E-state index is 0.101. The van der Waals surface area contributed by atoms with E-state index in [-0.39, 0.29) is 11.1 Å². The van der Waals surface area contributed by atoms with Crippen LogP contribution in [-0.2, 0) is 16.5 Å². The predicted octanol–water partition coefficient (Wildman–Crippen LogP) is 4.26. The Morgan fingerprint density at radius 3 is 2.50 bits per heavy atom. The monoisotopic (exact) mass is 430 g/mol. The van der Waals surface area contributed by atoms with Gasteiger partial charge in [0.25, 0.3) is 0 Å². The van der Waals surface area contributed by atoms with E-state index < -0.39 is 11.9 Å². The minimum Gasteiger partial charge on any atom is -0.465 e. The highest BCUT2D eigenvalue weighted by molar-refractivity contribution is 6.08. The van der Waals surface area contributed by atoms with Crippen molar-refractivity contribution in [1.82, 2.24) is 14.8 Å². The Hall–Kier alpha value is -4.20. The molecule has 0 aliphatic heterocycles. The lowest BCUT2D eigenvalue weighted by molar-refractivity contribution is 0.0556. The number of hydrogen-bond acceptors (Lipinski definition) is 7. The molecule has 0 radical (unpaired) electrons. The van der Waals surface area contributed by atoms with Crippen LogP contribution in [0.4, 0.5) is 11.4 Å². The van der Waals surface area contributed by atoms with Gasteiger partial charge in [-0.1, -0.05) is 6.07 Å². The number of anilines is 2. The van der Waals surface area contributed by atoms with Crippen molar-refractivity contribution in [3.63, 3.8) is 0 Å². The highest BCUT2D eigenvalue weighted by Gasteiger charge is 2.23. The van der Waals surface area contributed by atoms with Crippen LogP contribution in [0.25, 0.3) is 22.0 Å². The van der Waals surface area contributed by atoms with E-state index >= 15 is 0 Å². The molecule has 2 aromatic carbocycles. The first-order valence-corrected chi connectivity index (χ1v) is 9.88. The standard InChI is InChI=1S/C24H22N4O4/c1-14-10-15(8-9-25-14)18-11-16-13-26-28(2)21(16)12-20(18)27-19-7-5-6-17(23(29)31-3)22(19)24(30)32-4/h5-13,27H,1-4H3. The van der Waals surface area contributed by atoms with Crippen LogP contribution < -0.4 is 5.32 Å². The van der Waals surface area contributed by atoms with Crippen LogP contribution in [0.1, 0.15) is 26.4 Å². The molecule has 0 spiro atoms. The number of hydrogen-bond donors (Lipinski definition) is 1. The SMILES string of the molecule is COC(=O)c1cccc(Nc2cc3c(cnn3C)cc2-c2ccnc(C)c2)c1C(=O)OC. The van der Waals surface area contributed by atoms with Crippen LogP contribution in [0.2, 0.25) is 0 Å². The maximum atomic E-state index is 12.6. The highest BCUT2D eigenvalue weighted by atomic mass is 16.5. The third kappa shape index (κ3) is 3.78. The maximum absolute atomic E-state index is 12.6. The van der Waals surface area contributed by atoms with Gasteiger partial charge in [-0.3, -0.25) is 9.67 Å². The molecule has 2 aromatic heterocycles. The number of pyridine rings is 1. The van der Waals surface area contributed by atoms with Crippen molar-refractivity contribution < 1.29 is 19.1 Å². The summed E-state index contributed by atoms with van der Waals surface area (Å²) < 4.78 is 11.6. The Morgan fingerprint density at radius 1 is 1.00 bits per heavy atom. The smallest absolute Gasteiger partial charge is 0.340 e. The fourth-order valence-corrected chi connectivity index (χ4v) is 3.66. The average Bonchev–Trinajstić information content (AvgIpc) is 3.17. The number of nitrogens with one attached hydrogen (secondary N) is 1. The van der Waals surface area contributed by atoms with Crippen LogP contribution in [0.15, 0.2) is 54.9 Å². The second-order valence-electron chi connectivity index (χ2n) is 7.25. The quantitative estimate of drug-likeness (QED) is 0.473. The molecule has 162 valence electrons. The van der Waals surface area contributed by atoms with Crippen LogP contribution >= 0.6 is 0 Å². The van der Waals surface area contributed by atoms with Gasteiger partial charge >= 0.3 is 11.9 Å². The molecule has 0 unspecified atom stereocenters. The number of methoxy groups -OCH3 is 2. The Balaban J connectivity index is 1.93. The fourth-order valence-electron chi connectivity index (χ4n) is 3.66. The summed E-state index contributed by atoms with van der Waals surface area (Å²) in [5.74, 6) is -1.27. The van der Waals surface area contributed by atoms with Gasteiger partial charge in [0.05, 0.1) is 42.7 Å². The van der Waals surface area contributed by atoms with E-state index in [1.807, 2.05) is 38.2 Å². The summed E-state index contributed by atoms with van der Waals surface area (Å²) in [5.41, 5.74) is 5.02. The first kappa shape index (κ1) is 21.0. The van der Waals surface area contributed by atoms with Gasteiger partial charge in [-0.2, -0.15) is 5.10 Å². The van der Waals surface area contributed by atoms with Gasteiger partial charge in [0.2, 0.25) is 0 Å². The first-order chi connectivity index (χ1) is 15.4. The normalized spacial score (nSPS) is 10.8. The van der Waals surface area contributed by atoms with Crippen molar-refractivity contribution in [1.29, 1.82) is 0 Å². The van der Waals surface area contributed by atoms with Crippen LogP contribution in [0.5, 0.6) is 0 Å². The number of carbonyl (C=O) groups is 2. The first-order valence-electron chi connectivity index (χ1n) is 9.88. The number of aromatic nitrogens is 3. The van der Waals surface area contributed by atoms with Gasteiger partial charge in [0, 0.05) is 35.6 Å². The van der Waals surface area contributed by atoms with Gasteiger partial charge < -0.3 is 14.8 Å². The Kier molecular flexibility index (Phi) is 5.59. The molecule has 8 heteroatoms. The zero-order chi connectivity index (χ0) is 22.8. The van der Waals surface area contributed by atoms with E-state index in [9.17, 15) is 9.59 Å². The molecule has 0 atom stereocenters. The molecule has 0 aliphatic carbocycles. The third-order valence-corrected chi connectivity index (χ3v) is 5.22. The molecular formula is C24H22N4O4. The molecule has 0 bridgehead atoms. The molecule has 4 rings (SSSR count). The highest BCUT2D eigenvalue weighted by Crippen LogP contribution is 2.36. The van der Waals surface area contributed by atoms with Crippen molar-refractivity contribution in [3.05, 3.63) is 71.7 Å². The summed E-state index contributed by atoms with van der Waals surface area (Å²) in [4.78, 5) is 29.2. The van der Waals surface area contributed by atoms with Gasteiger partial charge in [-0.05, 0) is 48.9 Å². The summed E-state index contributed by atoms with van der Waals surface area (Å²) in [6.07, 6.45) is 3.55. The van der Waals surface area contributed by atoms with E-state index in [0.717, 1.165) is 33.4 Å². The molecule has 4 aromatic rings. The lowest BCUT2D eigenvalue weighted by Gasteiger charge is -2.17. The molecule has 32 heavy (non-hydrogen) atoms. The lowest BCUT2D eigenvalue weighted by Crippen LogP contribution is -2.14. The molecule has 0 fully saturated rings. The number of nitrogens with zero attached hydrogens (tertiary/aromatic N) is 3. The number of rotatable bonds is 5. The molecule has 2 heterocycles. The molecule has 0 saturated heterocycles. The van der Waals surface area contributed by atoms with E-state index in [1.165, 1.54) is 20.3 Å². The summed E-state index contributed by atoms with van der Waals surface area (Å²) in [7, 11) is 4.40. The van der Waals surface area contributed by atoms with Crippen molar-refractivity contribution in [3.8, 4) is 11.1 Å². The molecule has 0 saturated carbocycles. The fraction of sp³-hybridized carbons (Fsp3) is 0.167. The topological polar surface area (TPSA) is 95.3 Å². The van der Waals surface area contributed by atoms with Crippen LogP contribution in [0.3, 0.4) is 0 Å². The zero-order valence-corrected chi connectivity index (χ0v) is 18.2. The van der Waals surface area contributed by atoms with Gasteiger partial charge in [-0.15, -0.1) is 0 Å². The van der Waals surface area contributed by atoms with Crippen molar-refractivity contribution in [2.24, 2.45) is 7.05 Å². The Labute approximate surface area is 184 Å². The second-order valence-corrected chi connectivity index (χ2v) is 7.25. The molecule has 1 N–H and O–H groups in total. The predicted molar refractivity (Wildman–Crippen MR) is 121 cm³/mol. The summed E-state index contributed by atoms with van der Waals surface area (Å²) in [6.45, 7) is 1.92. The van der Waals surface area contributed by atoms with E-state index in [1.54, 1.807) is 29.2 Å². The van der Waals surface area contributed by atoms with Crippen molar-refractivity contribution in [2.45, 2.75) is 6.92 Å². The van der Waals surface area contributed by atoms with Crippen molar-refractivity contribution >= 4 is 34.2 Å². The van der Waals surface area contributed by atoms with E-state index in [4.69, 9.17) is 9.47 Å². The number of aryl methyl sites for hydroxylation is 2. The zero-order valence-electron chi connectivity index (χ0n) is 18.2. The molecule has 0 aliphatic rings. The third-order valence-electron chi connectivity index (χ3n) is 5.22. The molecule has 8 nitrogen and oxygen atoms in total. The van der Waals surface area contributed by atoms with E-state index in [0.29, 0.717) is 5.69 Å². The largest absolute Gasteiger partial charge is 0.465 e.